The molecule has 190 valence electrons. The Morgan fingerprint density at radius 3 is 1.89 bits per heavy atom. The van der Waals surface area contributed by atoms with Gasteiger partial charge in [0.05, 0.1) is 6.04 Å². The summed E-state index contributed by atoms with van der Waals surface area (Å²) in [5.74, 6) is 0. The summed E-state index contributed by atoms with van der Waals surface area (Å²) in [7, 11) is 0. The third-order valence-electron chi connectivity index (χ3n) is 5.46. The first kappa shape index (κ1) is 26.9. The summed E-state index contributed by atoms with van der Waals surface area (Å²) < 4.78 is 0. The zero-order valence-electron chi connectivity index (χ0n) is 21.2. The van der Waals surface area contributed by atoms with Crippen molar-refractivity contribution in [2.45, 2.75) is 32.4 Å². The highest BCUT2D eigenvalue weighted by atomic mass is 16.1. The van der Waals surface area contributed by atoms with E-state index in [2.05, 4.69) is 81.5 Å². The largest absolute Gasteiger partial charge is 0.399 e. The van der Waals surface area contributed by atoms with Crippen molar-refractivity contribution in [1.82, 2.24) is 15.4 Å². The van der Waals surface area contributed by atoms with Gasteiger partial charge in [-0.25, -0.2) is 0 Å². The van der Waals surface area contributed by atoms with Gasteiger partial charge in [0.25, 0.3) is 0 Å². The van der Waals surface area contributed by atoms with E-state index in [1.165, 1.54) is 23.9 Å². The van der Waals surface area contributed by atoms with Gasteiger partial charge in [-0.2, -0.15) is 15.4 Å². The van der Waals surface area contributed by atoms with Crippen LogP contribution in [0, 0.1) is 0 Å². The quantitative estimate of drug-likeness (QED) is 0.165. The number of aromatic amines is 1. The molecule has 0 bridgehead atoms. The molecule has 0 saturated carbocycles. The second-order valence-electron chi connectivity index (χ2n) is 8.39. The number of aldehydes is 1. The van der Waals surface area contributed by atoms with Crippen molar-refractivity contribution in [1.29, 1.82) is 0 Å². The molecule has 2 unspecified atom stereocenters. The first-order valence-electron chi connectivity index (χ1n) is 12.2. The smallest absolute Gasteiger partial charge is 0.116 e. The molecule has 7 nitrogen and oxygen atoms in total. The highest BCUT2D eigenvalue weighted by Crippen LogP contribution is 2.34. The third-order valence-corrected chi connectivity index (χ3v) is 5.46. The molecule has 0 saturated heterocycles. The number of nitrogen functional groups attached to an aromatic ring is 1. The highest BCUT2D eigenvalue weighted by Gasteiger charge is 2.23. The summed E-state index contributed by atoms with van der Waals surface area (Å²) in [6, 6.07) is 37.1. The van der Waals surface area contributed by atoms with E-state index in [1.54, 1.807) is 0 Å². The molecule has 1 aliphatic heterocycles. The molecule has 0 fully saturated rings. The Hall–Kier alpha value is -4.65. The Kier molecular flexibility index (Phi) is 10.7. The molecule has 0 radical (unpaired) electrons. The fraction of sp³-hybridized carbons (Fsp3) is 0.167. The summed E-state index contributed by atoms with van der Waals surface area (Å²) in [6.07, 6.45) is 1.85. The van der Waals surface area contributed by atoms with Crippen molar-refractivity contribution >= 4 is 34.4 Å². The van der Waals surface area contributed by atoms with Gasteiger partial charge in [0.1, 0.15) is 17.3 Å². The second-order valence-corrected chi connectivity index (χ2v) is 8.39. The predicted molar refractivity (Wildman–Crippen MR) is 153 cm³/mol. The molecule has 0 aliphatic carbocycles. The average molecular weight is 495 g/mol. The van der Waals surface area contributed by atoms with Crippen molar-refractivity contribution in [2.24, 2.45) is 0 Å². The third kappa shape index (κ3) is 8.81. The maximum atomic E-state index is 8.81. The Labute approximate surface area is 218 Å². The first-order valence-corrected chi connectivity index (χ1v) is 12.2. The zero-order chi connectivity index (χ0) is 26.3. The van der Waals surface area contributed by atoms with E-state index < -0.39 is 0 Å². The van der Waals surface area contributed by atoms with Crippen LogP contribution in [0.5, 0.6) is 0 Å². The minimum atomic E-state index is 0.389. The van der Waals surface area contributed by atoms with E-state index in [1.807, 2.05) is 60.7 Å². The van der Waals surface area contributed by atoms with E-state index in [4.69, 9.17) is 10.5 Å². The lowest BCUT2D eigenvalue weighted by molar-refractivity contribution is -0.106. The van der Waals surface area contributed by atoms with Gasteiger partial charge >= 0.3 is 0 Å². The Bertz CT molecular complexity index is 1290. The fourth-order valence-electron chi connectivity index (χ4n) is 3.85. The van der Waals surface area contributed by atoms with Crippen LogP contribution in [-0.4, -0.2) is 27.7 Å². The molecule has 6 rings (SSSR count). The molecule has 0 amide bonds. The Morgan fingerprint density at radius 1 is 0.811 bits per heavy atom. The number of hydrogen-bond donors (Lipinski definition) is 4. The van der Waals surface area contributed by atoms with Gasteiger partial charge in [-0.05, 0) is 68.3 Å². The van der Waals surface area contributed by atoms with Crippen LogP contribution < -0.4 is 16.4 Å². The molecule has 4 aromatic carbocycles. The number of aromatic nitrogens is 3. The van der Waals surface area contributed by atoms with Crippen molar-refractivity contribution in [3.05, 3.63) is 115 Å². The van der Waals surface area contributed by atoms with Gasteiger partial charge in [0, 0.05) is 23.1 Å². The summed E-state index contributed by atoms with van der Waals surface area (Å²) >= 11 is 0. The minimum absolute atomic E-state index is 0.389. The number of benzene rings is 4. The van der Waals surface area contributed by atoms with Gasteiger partial charge in [0.15, 0.2) is 0 Å². The Morgan fingerprint density at radius 2 is 1.32 bits per heavy atom. The number of para-hydroxylation sites is 5. The van der Waals surface area contributed by atoms with Crippen molar-refractivity contribution in [2.75, 3.05) is 16.4 Å². The number of carbonyl (C=O) groups is 1. The van der Waals surface area contributed by atoms with Crippen LogP contribution >= 0.6 is 0 Å². The molecule has 1 aromatic heterocycles. The number of nitrogens with zero attached hydrogens (tertiary/aromatic N) is 2. The van der Waals surface area contributed by atoms with Gasteiger partial charge in [-0.15, -0.1) is 0 Å². The normalized spacial score (nSPS) is 15.1. The van der Waals surface area contributed by atoms with Gasteiger partial charge in [-0.3, -0.25) is 0 Å². The van der Waals surface area contributed by atoms with Crippen LogP contribution in [0.2, 0.25) is 0 Å². The highest BCUT2D eigenvalue weighted by molar-refractivity contribution is 5.72. The van der Waals surface area contributed by atoms with Crippen LogP contribution in [0.25, 0.3) is 11.0 Å². The summed E-state index contributed by atoms with van der Waals surface area (Å²) in [6.45, 7) is 3.68. The maximum absolute atomic E-state index is 8.81. The number of fused-ring (bicyclic) bond motifs is 2. The van der Waals surface area contributed by atoms with Crippen LogP contribution in [0.15, 0.2) is 109 Å². The van der Waals surface area contributed by atoms with Crippen LogP contribution in [0.4, 0.5) is 17.1 Å². The summed E-state index contributed by atoms with van der Waals surface area (Å²) in [5.41, 5.74) is 11.8. The molecule has 1 aliphatic rings. The van der Waals surface area contributed by atoms with E-state index >= 15 is 0 Å². The van der Waals surface area contributed by atoms with E-state index in [9.17, 15) is 0 Å². The zero-order valence-corrected chi connectivity index (χ0v) is 21.2. The molecule has 5 aromatic rings. The number of rotatable bonds is 2. The molecule has 37 heavy (non-hydrogen) atoms. The van der Waals surface area contributed by atoms with E-state index in [0.29, 0.717) is 12.1 Å². The van der Waals surface area contributed by atoms with Gasteiger partial charge < -0.3 is 21.2 Å². The molecule has 0 spiro atoms. The SMILES string of the molecule is CC1CC(Nc2ccccc2)c2ccccc2N1.CC=O.Nc1ccccc1.c1ccc2n[nH]nc2c1. The van der Waals surface area contributed by atoms with Crippen LogP contribution in [-0.2, 0) is 4.79 Å². The fourth-order valence-corrected chi connectivity index (χ4v) is 3.85. The number of carbonyl (C=O) groups excluding carboxylic acids is 1. The summed E-state index contributed by atoms with van der Waals surface area (Å²) in [4.78, 5) is 8.81. The lowest BCUT2D eigenvalue weighted by Crippen LogP contribution is -2.28. The maximum Gasteiger partial charge on any atom is 0.116 e. The number of hydrogen-bond acceptors (Lipinski definition) is 6. The van der Waals surface area contributed by atoms with Crippen molar-refractivity contribution in [3.8, 4) is 0 Å². The minimum Gasteiger partial charge on any atom is -0.399 e. The lowest BCUT2D eigenvalue weighted by Gasteiger charge is -2.32. The molecular formula is C30H34N6O. The standard InChI is InChI=1S/C16H18N2.C6H5N3.C6H7N.C2H4O/c1-12-11-16(18-13-7-3-2-4-8-13)14-9-5-6-10-15(14)17-12;1-2-4-6-5(3-1)7-9-8-6;7-6-4-2-1-3-5-6;1-2-3/h2-10,12,16-18H,11H2,1H3;1-4H,(H,7,8,9);1-5H,7H2;2H,1H3. The number of anilines is 3. The van der Waals surface area contributed by atoms with Gasteiger partial charge in [0.2, 0.25) is 0 Å². The lowest BCUT2D eigenvalue weighted by atomic mass is 9.93. The molecule has 2 atom stereocenters. The second kappa shape index (κ2) is 14.7. The number of H-pyrrole nitrogens is 1. The van der Waals surface area contributed by atoms with E-state index in [0.717, 1.165) is 29.4 Å². The average Bonchev–Trinajstić information content (AvgIpc) is 3.40. The monoisotopic (exact) mass is 494 g/mol. The van der Waals surface area contributed by atoms with Crippen LogP contribution in [0.3, 0.4) is 0 Å². The molecule has 5 N–H and O–H groups in total. The molecular weight excluding hydrogens is 460 g/mol. The van der Waals surface area contributed by atoms with Crippen molar-refractivity contribution < 1.29 is 4.79 Å². The topological polar surface area (TPSA) is 109 Å². The molecule has 2 heterocycles. The first-order chi connectivity index (χ1) is 18.1. The van der Waals surface area contributed by atoms with Gasteiger partial charge in [-0.1, -0.05) is 66.7 Å². The Balaban J connectivity index is 0.000000166. The van der Waals surface area contributed by atoms with Crippen molar-refractivity contribution in [3.63, 3.8) is 0 Å². The molecule has 7 heteroatoms. The number of nitrogens with two attached hydrogens (primary N) is 1. The summed E-state index contributed by atoms with van der Waals surface area (Å²) in [5, 5.41) is 17.5. The predicted octanol–water partition coefficient (Wildman–Crippen LogP) is 6.48. The van der Waals surface area contributed by atoms with E-state index in [-0.39, 0.29) is 0 Å². The number of nitrogens with one attached hydrogen (secondary N) is 3. The van der Waals surface area contributed by atoms with Crippen LogP contribution in [0.1, 0.15) is 31.9 Å².